The molecule has 0 bridgehead atoms. The van der Waals surface area contributed by atoms with Gasteiger partial charge in [0.2, 0.25) is 9.05 Å². The van der Waals surface area contributed by atoms with Crippen LogP contribution in [-0.2, 0) is 9.05 Å². The van der Waals surface area contributed by atoms with Crippen LogP contribution in [0.5, 0.6) is 0 Å². The van der Waals surface area contributed by atoms with Crippen molar-refractivity contribution in [3.63, 3.8) is 0 Å². The largest absolute Gasteiger partial charge is 0.233 e. The van der Waals surface area contributed by atoms with Gasteiger partial charge in [-0.15, -0.1) is 16.9 Å². The molecule has 78 valence electrons. The van der Waals surface area contributed by atoms with Crippen molar-refractivity contribution in [2.24, 2.45) is 0 Å². The average Bonchev–Trinajstić information content (AvgIpc) is 2.06. The van der Waals surface area contributed by atoms with Crippen molar-refractivity contribution < 1.29 is 8.42 Å². The molecule has 0 fully saturated rings. The fraction of sp³-hybridized carbons (Fsp3) is 0.429. The van der Waals surface area contributed by atoms with Crippen molar-refractivity contribution in [3.8, 4) is 0 Å². The van der Waals surface area contributed by atoms with Crippen LogP contribution >= 0.6 is 22.4 Å². The molecular formula is C7H9ClN2O2S2. The first-order chi connectivity index (χ1) is 6.47. The third kappa shape index (κ3) is 4.78. The van der Waals surface area contributed by atoms with Gasteiger partial charge in [-0.05, 0) is 19.1 Å². The van der Waals surface area contributed by atoms with E-state index in [-0.39, 0.29) is 5.75 Å². The van der Waals surface area contributed by atoms with Gasteiger partial charge in [-0.1, -0.05) is 0 Å². The number of aryl methyl sites for hydroxylation is 1. The van der Waals surface area contributed by atoms with E-state index in [2.05, 4.69) is 10.2 Å². The summed E-state index contributed by atoms with van der Waals surface area (Å²) in [5.74, 6) is 0.332. The molecule has 0 saturated heterocycles. The number of rotatable bonds is 4. The summed E-state index contributed by atoms with van der Waals surface area (Å²) < 4.78 is 21.2. The monoisotopic (exact) mass is 252 g/mol. The van der Waals surface area contributed by atoms with E-state index in [1.54, 1.807) is 6.07 Å². The SMILES string of the molecule is Cc1ccc(SCCS(=O)(=O)Cl)nn1. The topological polar surface area (TPSA) is 59.9 Å². The van der Waals surface area contributed by atoms with Gasteiger partial charge in [0.05, 0.1) is 11.4 Å². The van der Waals surface area contributed by atoms with Crippen molar-refractivity contribution in [2.45, 2.75) is 11.9 Å². The lowest BCUT2D eigenvalue weighted by Crippen LogP contribution is -2.00. The summed E-state index contributed by atoms with van der Waals surface area (Å²) in [4.78, 5) is 0. The highest BCUT2D eigenvalue weighted by Gasteiger charge is 2.05. The first-order valence-corrected chi connectivity index (χ1v) is 7.29. The smallest absolute Gasteiger partial charge is 0.212 e. The minimum atomic E-state index is -3.40. The highest BCUT2D eigenvalue weighted by atomic mass is 35.7. The molecule has 0 atom stereocenters. The Morgan fingerprint density at radius 3 is 2.64 bits per heavy atom. The Hall–Kier alpha value is -0.330. The highest BCUT2D eigenvalue weighted by Crippen LogP contribution is 2.14. The second-order valence-electron chi connectivity index (χ2n) is 2.60. The van der Waals surface area contributed by atoms with Crippen LogP contribution in [0.1, 0.15) is 5.69 Å². The van der Waals surface area contributed by atoms with E-state index in [9.17, 15) is 8.42 Å². The number of thioether (sulfide) groups is 1. The minimum Gasteiger partial charge on any atom is -0.212 e. The van der Waals surface area contributed by atoms with Gasteiger partial charge in [-0.2, -0.15) is 5.10 Å². The van der Waals surface area contributed by atoms with Gasteiger partial charge >= 0.3 is 0 Å². The van der Waals surface area contributed by atoms with Crippen molar-refractivity contribution >= 4 is 31.5 Å². The molecule has 0 amide bonds. The Bertz CT molecular complexity index is 391. The summed E-state index contributed by atoms with van der Waals surface area (Å²) in [5.41, 5.74) is 0.833. The van der Waals surface area contributed by atoms with Crippen molar-refractivity contribution in [1.82, 2.24) is 10.2 Å². The standard InChI is InChI=1S/C7H9ClN2O2S2/c1-6-2-3-7(10-9-6)13-4-5-14(8,11)12/h2-3H,4-5H2,1H3. The van der Waals surface area contributed by atoms with Crippen LogP contribution in [0.4, 0.5) is 0 Å². The van der Waals surface area contributed by atoms with Gasteiger partial charge in [0.25, 0.3) is 0 Å². The van der Waals surface area contributed by atoms with E-state index >= 15 is 0 Å². The second kappa shape index (κ2) is 4.95. The van der Waals surface area contributed by atoms with Crippen LogP contribution in [0, 0.1) is 6.92 Å². The molecule has 0 aliphatic carbocycles. The number of hydrogen-bond acceptors (Lipinski definition) is 5. The predicted molar refractivity (Wildman–Crippen MR) is 57.1 cm³/mol. The van der Waals surface area contributed by atoms with Gasteiger partial charge in [0, 0.05) is 16.4 Å². The van der Waals surface area contributed by atoms with E-state index in [0.29, 0.717) is 10.8 Å². The molecule has 0 spiro atoms. The lowest BCUT2D eigenvalue weighted by Gasteiger charge is -1.97. The summed E-state index contributed by atoms with van der Waals surface area (Å²) in [7, 11) is 1.65. The first-order valence-electron chi connectivity index (χ1n) is 3.83. The molecule has 0 N–H and O–H groups in total. The van der Waals surface area contributed by atoms with Crippen molar-refractivity contribution in [3.05, 3.63) is 17.8 Å². The Balaban J connectivity index is 2.43. The predicted octanol–water partition coefficient (Wildman–Crippen LogP) is 1.45. The summed E-state index contributed by atoms with van der Waals surface area (Å²) in [6, 6.07) is 3.62. The van der Waals surface area contributed by atoms with Crippen LogP contribution in [0.2, 0.25) is 0 Å². The second-order valence-corrected chi connectivity index (χ2v) is 6.62. The summed E-state index contributed by atoms with van der Waals surface area (Å²) in [6.45, 7) is 1.84. The van der Waals surface area contributed by atoms with Gasteiger partial charge in [-0.3, -0.25) is 0 Å². The Labute approximate surface area is 91.5 Å². The van der Waals surface area contributed by atoms with Crippen molar-refractivity contribution in [2.75, 3.05) is 11.5 Å². The van der Waals surface area contributed by atoms with Crippen LogP contribution < -0.4 is 0 Å². The van der Waals surface area contributed by atoms with Crippen LogP contribution in [-0.4, -0.2) is 30.1 Å². The first kappa shape index (κ1) is 11.7. The zero-order valence-corrected chi connectivity index (χ0v) is 9.86. The molecule has 0 aromatic carbocycles. The van der Waals surface area contributed by atoms with Crippen LogP contribution in [0.3, 0.4) is 0 Å². The zero-order valence-electron chi connectivity index (χ0n) is 7.47. The van der Waals surface area contributed by atoms with E-state index in [0.717, 1.165) is 5.69 Å². The van der Waals surface area contributed by atoms with Crippen molar-refractivity contribution in [1.29, 1.82) is 0 Å². The highest BCUT2D eigenvalue weighted by molar-refractivity contribution is 8.14. The molecule has 7 heteroatoms. The fourth-order valence-electron chi connectivity index (χ4n) is 0.709. The maximum Gasteiger partial charge on any atom is 0.233 e. The lowest BCUT2D eigenvalue weighted by atomic mass is 10.4. The normalized spacial score (nSPS) is 11.6. The minimum absolute atomic E-state index is 0.0607. The lowest BCUT2D eigenvalue weighted by molar-refractivity contribution is 0.611. The summed E-state index contributed by atoms with van der Waals surface area (Å²) >= 11 is 1.32. The fourth-order valence-corrected chi connectivity index (χ4v) is 2.88. The van der Waals surface area contributed by atoms with Gasteiger partial charge in [0.15, 0.2) is 0 Å². The number of aromatic nitrogens is 2. The molecule has 0 aliphatic rings. The zero-order chi connectivity index (χ0) is 10.6. The third-order valence-electron chi connectivity index (χ3n) is 1.35. The maximum absolute atomic E-state index is 10.6. The summed E-state index contributed by atoms with van der Waals surface area (Å²) in [6.07, 6.45) is 0. The Morgan fingerprint density at radius 2 is 2.14 bits per heavy atom. The third-order valence-corrected chi connectivity index (χ3v) is 3.69. The van der Waals surface area contributed by atoms with E-state index < -0.39 is 9.05 Å². The molecule has 1 rings (SSSR count). The maximum atomic E-state index is 10.6. The molecule has 4 nitrogen and oxygen atoms in total. The number of nitrogens with zero attached hydrogens (tertiary/aromatic N) is 2. The molecule has 1 heterocycles. The quantitative estimate of drug-likeness (QED) is 0.600. The molecule has 0 radical (unpaired) electrons. The summed E-state index contributed by atoms with van der Waals surface area (Å²) in [5, 5.41) is 8.42. The van der Waals surface area contributed by atoms with E-state index in [4.69, 9.17) is 10.7 Å². The van der Waals surface area contributed by atoms with Gasteiger partial charge in [-0.25, -0.2) is 8.42 Å². The number of halogens is 1. The van der Waals surface area contributed by atoms with Crippen LogP contribution in [0.15, 0.2) is 17.2 Å². The molecule has 0 aliphatic heterocycles. The Kier molecular flexibility index (Phi) is 4.15. The molecule has 14 heavy (non-hydrogen) atoms. The molecular weight excluding hydrogens is 244 g/mol. The van der Waals surface area contributed by atoms with E-state index in [1.165, 1.54) is 11.8 Å². The van der Waals surface area contributed by atoms with E-state index in [1.807, 2.05) is 13.0 Å². The van der Waals surface area contributed by atoms with Gasteiger partial charge < -0.3 is 0 Å². The molecule has 1 aromatic rings. The van der Waals surface area contributed by atoms with Gasteiger partial charge in [0.1, 0.15) is 5.03 Å². The molecule has 0 unspecified atom stereocenters. The van der Waals surface area contributed by atoms with Crippen LogP contribution in [0.25, 0.3) is 0 Å². The Morgan fingerprint density at radius 1 is 1.43 bits per heavy atom. The average molecular weight is 253 g/mol. The molecule has 0 saturated carbocycles. The number of hydrogen-bond donors (Lipinski definition) is 0. The molecule has 1 aromatic heterocycles.